The van der Waals surface area contributed by atoms with E-state index in [9.17, 15) is 0 Å². The fourth-order valence-corrected chi connectivity index (χ4v) is 2.13. The molecule has 3 nitrogen and oxygen atoms in total. The summed E-state index contributed by atoms with van der Waals surface area (Å²) in [5, 5.41) is 7.21. The van der Waals surface area contributed by atoms with Crippen LogP contribution in [0.1, 0.15) is 26.3 Å². The highest BCUT2D eigenvalue weighted by Crippen LogP contribution is 2.23. The second kappa shape index (κ2) is 8.33. The molecule has 0 saturated carbocycles. The average molecular weight is 327 g/mol. The molecule has 0 spiro atoms. The normalized spacial score (nSPS) is 14.9. The summed E-state index contributed by atoms with van der Waals surface area (Å²) in [6.45, 7) is 9.97. The van der Waals surface area contributed by atoms with Crippen molar-refractivity contribution in [3.8, 4) is 0 Å². The van der Waals surface area contributed by atoms with Crippen molar-refractivity contribution in [2.75, 3.05) is 31.2 Å². The molecule has 0 atom stereocenters. The van der Waals surface area contributed by atoms with Crippen LogP contribution in [0.25, 0.3) is 0 Å². The molecule has 1 saturated heterocycles. The maximum atomic E-state index is 7.21. The van der Waals surface area contributed by atoms with Gasteiger partial charge in [0.15, 0.2) is 0 Å². The highest BCUT2D eigenvalue weighted by molar-refractivity contribution is 9.10. The van der Waals surface area contributed by atoms with Crippen molar-refractivity contribution >= 4 is 27.8 Å². The first-order chi connectivity index (χ1) is 9.04. The number of hydrogen-bond acceptors (Lipinski definition) is 3. The van der Waals surface area contributed by atoms with Gasteiger partial charge >= 0.3 is 0 Å². The van der Waals surface area contributed by atoms with E-state index < -0.39 is 0 Å². The van der Waals surface area contributed by atoms with E-state index in [1.54, 1.807) is 0 Å². The van der Waals surface area contributed by atoms with Crippen molar-refractivity contribution in [2.45, 2.75) is 20.8 Å². The van der Waals surface area contributed by atoms with Crippen LogP contribution in [0.3, 0.4) is 0 Å². The molecule has 2 rings (SSSR count). The van der Waals surface area contributed by atoms with Crippen LogP contribution in [0.4, 0.5) is 5.69 Å². The summed E-state index contributed by atoms with van der Waals surface area (Å²) < 4.78 is 6.28. The van der Waals surface area contributed by atoms with Crippen molar-refractivity contribution in [2.24, 2.45) is 5.92 Å². The number of rotatable bonds is 2. The van der Waals surface area contributed by atoms with Crippen molar-refractivity contribution in [3.63, 3.8) is 0 Å². The van der Waals surface area contributed by atoms with Gasteiger partial charge in [0.2, 0.25) is 0 Å². The predicted octanol–water partition coefficient (Wildman–Crippen LogP) is 3.95. The molecule has 1 aliphatic heterocycles. The van der Waals surface area contributed by atoms with Gasteiger partial charge in [-0.05, 0) is 18.1 Å². The third-order valence-electron chi connectivity index (χ3n) is 2.52. The van der Waals surface area contributed by atoms with Crippen molar-refractivity contribution < 1.29 is 4.74 Å². The molecule has 1 N–H and O–H groups in total. The number of nitrogens with one attached hydrogen (secondary N) is 1. The maximum Gasteiger partial charge on any atom is 0.0642 e. The smallest absolute Gasteiger partial charge is 0.0642 e. The minimum absolute atomic E-state index is 0.796. The molecule has 0 amide bonds. The summed E-state index contributed by atoms with van der Waals surface area (Å²) in [4.78, 5) is 2.29. The first kappa shape index (κ1) is 16.2. The Morgan fingerprint density at radius 2 is 1.84 bits per heavy atom. The number of hydrogen-bond donors (Lipinski definition) is 1. The molecule has 1 fully saturated rings. The average Bonchev–Trinajstić information content (AvgIpc) is 2.39. The zero-order valence-corrected chi connectivity index (χ0v) is 13.5. The van der Waals surface area contributed by atoms with Crippen molar-refractivity contribution in [1.29, 1.82) is 5.41 Å². The van der Waals surface area contributed by atoms with E-state index in [1.165, 1.54) is 11.9 Å². The molecular formula is C15H23BrN2O. The van der Waals surface area contributed by atoms with Gasteiger partial charge in [-0.15, -0.1) is 0 Å². The van der Waals surface area contributed by atoms with E-state index in [1.807, 2.05) is 6.07 Å². The summed E-state index contributed by atoms with van der Waals surface area (Å²) >= 11 is 3.46. The topological polar surface area (TPSA) is 36.3 Å². The molecule has 0 unspecified atom stereocenters. The summed E-state index contributed by atoms with van der Waals surface area (Å²) in [6, 6.07) is 6.07. The third kappa shape index (κ3) is 5.74. The lowest BCUT2D eigenvalue weighted by Crippen LogP contribution is -2.36. The quantitative estimate of drug-likeness (QED) is 0.835. The lowest BCUT2D eigenvalue weighted by molar-refractivity contribution is 0.122. The Hall–Kier alpha value is -0.870. The second-order valence-corrected chi connectivity index (χ2v) is 6.04. The van der Waals surface area contributed by atoms with Crippen LogP contribution < -0.4 is 4.90 Å². The Balaban J connectivity index is 0.000000399. The van der Waals surface area contributed by atoms with Gasteiger partial charge < -0.3 is 15.0 Å². The lowest BCUT2D eigenvalue weighted by Gasteiger charge is -2.29. The first-order valence-corrected chi connectivity index (χ1v) is 7.46. The fourth-order valence-electron chi connectivity index (χ4n) is 1.65. The number of ether oxygens (including phenoxy) is 1. The van der Waals surface area contributed by atoms with Gasteiger partial charge in [-0.25, -0.2) is 0 Å². The second-order valence-electron chi connectivity index (χ2n) is 5.18. The van der Waals surface area contributed by atoms with Gasteiger partial charge in [-0.2, -0.15) is 0 Å². The molecule has 1 aliphatic rings. The molecule has 1 heterocycles. The minimum Gasteiger partial charge on any atom is -0.378 e. The van der Waals surface area contributed by atoms with Crippen LogP contribution in [-0.4, -0.2) is 32.5 Å². The van der Waals surface area contributed by atoms with Crippen LogP contribution in [0.15, 0.2) is 22.7 Å². The van der Waals surface area contributed by atoms with Crippen LogP contribution >= 0.6 is 15.9 Å². The first-order valence-electron chi connectivity index (χ1n) is 6.67. The van der Waals surface area contributed by atoms with Crippen LogP contribution in [0.5, 0.6) is 0 Å². The fraction of sp³-hybridized carbons (Fsp3) is 0.533. The lowest BCUT2D eigenvalue weighted by atomic mass is 10.2. The molecule has 0 aliphatic carbocycles. The highest BCUT2D eigenvalue weighted by atomic mass is 79.9. The predicted molar refractivity (Wildman–Crippen MR) is 85.6 cm³/mol. The largest absolute Gasteiger partial charge is 0.378 e. The van der Waals surface area contributed by atoms with Crippen molar-refractivity contribution in [1.82, 2.24) is 0 Å². The van der Waals surface area contributed by atoms with Crippen LogP contribution in [0, 0.1) is 11.3 Å². The number of halogens is 1. The van der Waals surface area contributed by atoms with Gasteiger partial charge in [0, 0.05) is 35.0 Å². The van der Waals surface area contributed by atoms with E-state index in [2.05, 4.69) is 53.7 Å². The van der Waals surface area contributed by atoms with Gasteiger partial charge in [-0.3, -0.25) is 0 Å². The molecule has 0 aromatic heterocycles. The molecule has 4 heteroatoms. The molecule has 0 radical (unpaired) electrons. The third-order valence-corrected chi connectivity index (χ3v) is 3.20. The van der Waals surface area contributed by atoms with Gasteiger partial charge in [-0.1, -0.05) is 42.8 Å². The molecule has 19 heavy (non-hydrogen) atoms. The standard InChI is InChI=1S/C11H13BrN2O.C4H10/c12-11-7-10(2-1-9(11)8-13)14-3-5-15-6-4-14;1-4(2)3/h1-2,7-8,13H,3-6H2;4H,1-3H3. The van der Waals surface area contributed by atoms with E-state index >= 15 is 0 Å². The van der Waals surface area contributed by atoms with Gasteiger partial charge in [0.25, 0.3) is 0 Å². The number of nitrogens with zero attached hydrogens (tertiary/aromatic N) is 1. The van der Waals surface area contributed by atoms with E-state index in [0.717, 1.165) is 42.3 Å². The Labute approximate surface area is 124 Å². The molecule has 1 aromatic carbocycles. The summed E-state index contributed by atoms with van der Waals surface area (Å²) in [5.74, 6) is 0.833. The monoisotopic (exact) mass is 326 g/mol. The van der Waals surface area contributed by atoms with Gasteiger partial charge in [0.05, 0.1) is 13.2 Å². The van der Waals surface area contributed by atoms with Crippen LogP contribution in [-0.2, 0) is 4.74 Å². The number of anilines is 1. The molecule has 0 bridgehead atoms. The summed E-state index contributed by atoms with van der Waals surface area (Å²) in [6.07, 6.45) is 1.35. The Morgan fingerprint density at radius 1 is 1.26 bits per heavy atom. The Kier molecular flexibility index (Phi) is 7.10. The number of benzene rings is 1. The SMILES string of the molecule is CC(C)C.N=Cc1ccc(N2CCOCC2)cc1Br. The molecule has 1 aromatic rings. The summed E-state index contributed by atoms with van der Waals surface area (Å²) in [5.41, 5.74) is 2.10. The Morgan fingerprint density at radius 3 is 2.32 bits per heavy atom. The number of morpholine rings is 1. The molecular weight excluding hydrogens is 304 g/mol. The van der Waals surface area contributed by atoms with Gasteiger partial charge in [0.1, 0.15) is 0 Å². The Bertz CT molecular complexity index is 398. The molecule has 106 valence electrons. The van der Waals surface area contributed by atoms with Crippen LogP contribution in [0.2, 0.25) is 0 Å². The summed E-state index contributed by atoms with van der Waals surface area (Å²) in [7, 11) is 0. The van der Waals surface area contributed by atoms with E-state index in [4.69, 9.17) is 10.1 Å². The van der Waals surface area contributed by atoms with E-state index in [0.29, 0.717) is 0 Å². The zero-order chi connectivity index (χ0) is 14.3. The maximum absolute atomic E-state index is 7.21. The minimum atomic E-state index is 0.796. The highest BCUT2D eigenvalue weighted by Gasteiger charge is 2.11. The zero-order valence-electron chi connectivity index (χ0n) is 11.9. The van der Waals surface area contributed by atoms with Crippen molar-refractivity contribution in [3.05, 3.63) is 28.2 Å². The van der Waals surface area contributed by atoms with E-state index in [-0.39, 0.29) is 0 Å².